The molecule has 9 heteroatoms. The van der Waals surface area contributed by atoms with Crippen LogP contribution in [-0.4, -0.2) is 50.1 Å². The van der Waals surface area contributed by atoms with E-state index in [0.717, 1.165) is 49.4 Å². The summed E-state index contributed by atoms with van der Waals surface area (Å²) in [5.41, 5.74) is 2.01. The summed E-state index contributed by atoms with van der Waals surface area (Å²) < 4.78 is 12.5. The molecular formula is C20H22N6O3. The third kappa shape index (κ3) is 3.65. The number of amides is 1. The summed E-state index contributed by atoms with van der Waals surface area (Å²) in [5, 5.41) is 11.3. The highest BCUT2D eigenvalue weighted by atomic mass is 16.5. The topological polar surface area (TPSA) is 108 Å². The predicted octanol–water partition coefficient (Wildman–Crippen LogP) is 2.41. The van der Waals surface area contributed by atoms with Crippen molar-refractivity contribution in [2.45, 2.75) is 44.6 Å². The van der Waals surface area contributed by atoms with Crippen LogP contribution in [0.2, 0.25) is 0 Å². The Hall–Kier alpha value is -3.07. The molecule has 2 fully saturated rings. The number of hydrogen-bond donors (Lipinski definition) is 1. The molecule has 1 aliphatic heterocycles. The monoisotopic (exact) mass is 394 g/mol. The minimum atomic E-state index is -0.153. The summed E-state index contributed by atoms with van der Waals surface area (Å²) in [6.07, 6.45) is 7.62. The molecule has 0 radical (unpaired) electrons. The van der Waals surface area contributed by atoms with Gasteiger partial charge in [-0.15, -0.1) is 0 Å². The number of hydrogen-bond acceptors (Lipinski definition) is 7. The number of carbonyl (C=O) groups is 1. The summed E-state index contributed by atoms with van der Waals surface area (Å²) in [5.74, 6) is 2.14. The SMILES string of the molecule is Cc1c(C(=O)NCC2CCCO2)cnn1-c1ccc(-c2nc(C3CC3)no2)cn1. The lowest BCUT2D eigenvalue weighted by atomic mass is 10.2. The third-order valence-electron chi connectivity index (χ3n) is 5.36. The van der Waals surface area contributed by atoms with Gasteiger partial charge >= 0.3 is 0 Å². The van der Waals surface area contributed by atoms with E-state index >= 15 is 0 Å². The first-order valence-corrected chi connectivity index (χ1v) is 9.94. The Kier molecular flexibility index (Phi) is 4.59. The number of carbonyl (C=O) groups excluding carboxylic acids is 1. The zero-order valence-corrected chi connectivity index (χ0v) is 16.2. The van der Waals surface area contributed by atoms with E-state index in [1.807, 2.05) is 19.1 Å². The van der Waals surface area contributed by atoms with Gasteiger partial charge < -0.3 is 14.6 Å². The van der Waals surface area contributed by atoms with Gasteiger partial charge in [-0.25, -0.2) is 9.67 Å². The molecule has 0 spiro atoms. The van der Waals surface area contributed by atoms with E-state index in [-0.39, 0.29) is 12.0 Å². The number of aromatic nitrogens is 5. The first-order chi connectivity index (χ1) is 14.2. The summed E-state index contributed by atoms with van der Waals surface area (Å²) in [7, 11) is 0. The second-order valence-corrected chi connectivity index (χ2v) is 7.54. The maximum atomic E-state index is 12.5. The number of nitrogens with one attached hydrogen (secondary N) is 1. The molecule has 3 aromatic rings. The molecule has 0 bridgehead atoms. The fraction of sp³-hybridized carbons (Fsp3) is 0.450. The molecule has 1 saturated carbocycles. The molecule has 1 saturated heterocycles. The van der Waals surface area contributed by atoms with Gasteiger partial charge in [0.15, 0.2) is 11.6 Å². The highest BCUT2D eigenvalue weighted by molar-refractivity contribution is 5.95. The van der Waals surface area contributed by atoms with Gasteiger partial charge in [0.2, 0.25) is 0 Å². The van der Waals surface area contributed by atoms with Crippen LogP contribution in [0.1, 0.15) is 53.5 Å². The lowest BCUT2D eigenvalue weighted by Gasteiger charge is -2.10. The summed E-state index contributed by atoms with van der Waals surface area (Å²) >= 11 is 0. The molecule has 1 N–H and O–H groups in total. The number of rotatable bonds is 6. The van der Waals surface area contributed by atoms with E-state index in [2.05, 4.69) is 25.5 Å². The molecule has 4 heterocycles. The second kappa shape index (κ2) is 7.40. The lowest BCUT2D eigenvalue weighted by molar-refractivity contribution is 0.0857. The minimum absolute atomic E-state index is 0.105. The fourth-order valence-electron chi connectivity index (χ4n) is 3.47. The summed E-state index contributed by atoms with van der Waals surface area (Å²) in [6, 6.07) is 3.69. The minimum Gasteiger partial charge on any atom is -0.376 e. The maximum absolute atomic E-state index is 12.5. The Labute approximate surface area is 167 Å². The van der Waals surface area contributed by atoms with Crippen LogP contribution in [0, 0.1) is 6.92 Å². The van der Waals surface area contributed by atoms with Crippen molar-refractivity contribution < 1.29 is 14.1 Å². The zero-order chi connectivity index (χ0) is 19.8. The van der Waals surface area contributed by atoms with Crippen molar-refractivity contribution in [3.8, 4) is 17.3 Å². The average Bonchev–Trinajstić information content (AvgIpc) is 3.13. The van der Waals surface area contributed by atoms with Crippen LogP contribution in [0.25, 0.3) is 17.3 Å². The van der Waals surface area contributed by atoms with E-state index in [9.17, 15) is 4.79 Å². The van der Waals surface area contributed by atoms with Crippen molar-refractivity contribution in [2.24, 2.45) is 0 Å². The van der Waals surface area contributed by atoms with Gasteiger partial charge in [0.05, 0.1) is 29.1 Å². The van der Waals surface area contributed by atoms with Crippen LogP contribution >= 0.6 is 0 Å². The molecule has 2 aliphatic rings. The molecule has 5 rings (SSSR count). The van der Waals surface area contributed by atoms with Crippen LogP contribution < -0.4 is 5.32 Å². The quantitative estimate of drug-likeness (QED) is 0.684. The predicted molar refractivity (Wildman–Crippen MR) is 103 cm³/mol. The van der Waals surface area contributed by atoms with Gasteiger partial charge in [0.25, 0.3) is 11.8 Å². The maximum Gasteiger partial charge on any atom is 0.259 e. The number of ether oxygens (including phenoxy) is 1. The normalized spacial score (nSPS) is 18.9. The average molecular weight is 394 g/mol. The smallest absolute Gasteiger partial charge is 0.259 e. The fourth-order valence-corrected chi connectivity index (χ4v) is 3.47. The molecule has 9 nitrogen and oxygen atoms in total. The van der Waals surface area contributed by atoms with Crippen LogP contribution in [-0.2, 0) is 4.74 Å². The Bertz CT molecular complexity index is 1020. The summed E-state index contributed by atoms with van der Waals surface area (Å²) in [6.45, 7) is 3.14. The molecular weight excluding hydrogens is 372 g/mol. The van der Waals surface area contributed by atoms with Crippen LogP contribution in [0.4, 0.5) is 0 Å². The van der Waals surface area contributed by atoms with Crippen molar-refractivity contribution in [2.75, 3.05) is 13.2 Å². The van der Waals surface area contributed by atoms with Gasteiger partial charge in [-0.2, -0.15) is 10.1 Å². The Morgan fingerprint density at radius 1 is 1.28 bits per heavy atom. The van der Waals surface area contributed by atoms with Crippen LogP contribution in [0.15, 0.2) is 29.0 Å². The van der Waals surface area contributed by atoms with Crippen molar-refractivity contribution >= 4 is 5.91 Å². The van der Waals surface area contributed by atoms with Crippen LogP contribution in [0.5, 0.6) is 0 Å². The number of pyridine rings is 1. The molecule has 1 atom stereocenters. The second-order valence-electron chi connectivity index (χ2n) is 7.54. The zero-order valence-electron chi connectivity index (χ0n) is 16.2. The third-order valence-corrected chi connectivity index (χ3v) is 5.36. The Morgan fingerprint density at radius 3 is 2.90 bits per heavy atom. The molecule has 0 aromatic carbocycles. The lowest BCUT2D eigenvalue weighted by Crippen LogP contribution is -2.32. The highest BCUT2D eigenvalue weighted by Gasteiger charge is 2.29. The molecule has 150 valence electrons. The van der Waals surface area contributed by atoms with Gasteiger partial charge in [-0.05, 0) is 44.7 Å². The number of nitrogens with zero attached hydrogens (tertiary/aromatic N) is 5. The van der Waals surface area contributed by atoms with Crippen molar-refractivity contribution in [1.82, 2.24) is 30.2 Å². The van der Waals surface area contributed by atoms with E-state index in [1.165, 1.54) is 0 Å². The molecule has 1 aliphatic carbocycles. The van der Waals surface area contributed by atoms with E-state index in [0.29, 0.717) is 29.7 Å². The van der Waals surface area contributed by atoms with E-state index < -0.39 is 0 Å². The van der Waals surface area contributed by atoms with Crippen molar-refractivity contribution in [3.05, 3.63) is 41.6 Å². The molecule has 3 aromatic heterocycles. The highest BCUT2D eigenvalue weighted by Crippen LogP contribution is 2.38. The van der Waals surface area contributed by atoms with Crippen molar-refractivity contribution in [1.29, 1.82) is 0 Å². The van der Waals surface area contributed by atoms with E-state index in [1.54, 1.807) is 17.1 Å². The first kappa shape index (κ1) is 18.0. The van der Waals surface area contributed by atoms with Crippen molar-refractivity contribution in [3.63, 3.8) is 0 Å². The van der Waals surface area contributed by atoms with Gasteiger partial charge in [0, 0.05) is 25.3 Å². The summed E-state index contributed by atoms with van der Waals surface area (Å²) in [4.78, 5) is 21.4. The standard InChI is InChI=1S/C20H22N6O3/c1-12-16(19(27)22-10-15-3-2-8-28-15)11-23-26(12)17-7-6-14(9-21-17)20-24-18(25-29-20)13-4-5-13/h6-7,9,11,13,15H,2-5,8,10H2,1H3,(H,22,27). The van der Waals surface area contributed by atoms with E-state index in [4.69, 9.17) is 9.26 Å². The molecule has 1 unspecified atom stereocenters. The Morgan fingerprint density at radius 2 is 2.17 bits per heavy atom. The van der Waals surface area contributed by atoms with Crippen LogP contribution in [0.3, 0.4) is 0 Å². The van der Waals surface area contributed by atoms with Gasteiger partial charge in [-0.3, -0.25) is 4.79 Å². The van der Waals surface area contributed by atoms with Gasteiger partial charge in [-0.1, -0.05) is 5.16 Å². The largest absolute Gasteiger partial charge is 0.376 e. The first-order valence-electron chi connectivity index (χ1n) is 9.94. The Balaban J connectivity index is 1.29. The van der Waals surface area contributed by atoms with Gasteiger partial charge in [0.1, 0.15) is 0 Å². The molecule has 29 heavy (non-hydrogen) atoms. The molecule has 1 amide bonds.